The number of nitrogens with one attached hydrogen (secondary N) is 1. The Hall–Kier alpha value is -1.12. The van der Waals surface area contributed by atoms with Crippen molar-refractivity contribution in [2.75, 3.05) is 7.05 Å². The van der Waals surface area contributed by atoms with Crippen molar-refractivity contribution in [1.82, 2.24) is 5.32 Å². The van der Waals surface area contributed by atoms with Crippen molar-refractivity contribution in [2.24, 2.45) is 22.7 Å². The molecule has 1 N–H and O–H groups in total. The topological polar surface area (TPSA) is 41.5 Å². The van der Waals surface area contributed by atoms with Gasteiger partial charge in [0.1, 0.15) is 0 Å². The Balaban J connectivity index is 2.96. The zero-order valence-electron chi connectivity index (χ0n) is 12.2. The number of allylic oxidation sites excluding steroid dienone is 1. The minimum atomic E-state index is -0.00694. The smallest absolute Gasteiger partial charge is 0.225 e. The number of aliphatic imine (C=N–C) groups is 1. The van der Waals surface area contributed by atoms with Gasteiger partial charge in [-0.1, -0.05) is 39.8 Å². The SMILES string of the molecule is CNC(=O)[C@H]1CCC=C[C@H]1N=C(C(C)C)C(C)C. The second-order valence-electron chi connectivity index (χ2n) is 5.58. The molecule has 1 aliphatic rings. The van der Waals surface area contributed by atoms with Crippen LogP contribution in [-0.4, -0.2) is 24.7 Å². The van der Waals surface area contributed by atoms with Crippen LogP contribution in [0.3, 0.4) is 0 Å². The van der Waals surface area contributed by atoms with Gasteiger partial charge in [0.05, 0.1) is 12.0 Å². The van der Waals surface area contributed by atoms with Gasteiger partial charge in [0.2, 0.25) is 5.91 Å². The minimum absolute atomic E-state index is 0.00694. The molecule has 0 aromatic heterocycles. The van der Waals surface area contributed by atoms with Gasteiger partial charge in [-0.15, -0.1) is 0 Å². The molecule has 0 spiro atoms. The van der Waals surface area contributed by atoms with Crippen LogP contribution >= 0.6 is 0 Å². The monoisotopic (exact) mass is 250 g/mol. The van der Waals surface area contributed by atoms with Crippen LogP contribution in [0.5, 0.6) is 0 Å². The van der Waals surface area contributed by atoms with E-state index in [1.54, 1.807) is 7.05 Å². The third-order valence-electron chi connectivity index (χ3n) is 3.45. The van der Waals surface area contributed by atoms with Gasteiger partial charge >= 0.3 is 0 Å². The van der Waals surface area contributed by atoms with Gasteiger partial charge in [-0.3, -0.25) is 9.79 Å². The molecule has 3 nitrogen and oxygen atoms in total. The summed E-state index contributed by atoms with van der Waals surface area (Å²) in [6, 6.07) is 0.0125. The minimum Gasteiger partial charge on any atom is -0.359 e. The number of rotatable bonds is 4. The molecule has 1 rings (SSSR count). The van der Waals surface area contributed by atoms with Gasteiger partial charge in [-0.25, -0.2) is 0 Å². The van der Waals surface area contributed by atoms with E-state index in [0.29, 0.717) is 11.8 Å². The predicted molar refractivity (Wildman–Crippen MR) is 76.8 cm³/mol. The number of nitrogens with zero attached hydrogens (tertiary/aromatic N) is 1. The fourth-order valence-electron chi connectivity index (χ4n) is 2.56. The Bertz CT molecular complexity index is 332. The van der Waals surface area contributed by atoms with E-state index in [-0.39, 0.29) is 17.9 Å². The highest BCUT2D eigenvalue weighted by Crippen LogP contribution is 2.23. The summed E-state index contributed by atoms with van der Waals surface area (Å²) in [5.41, 5.74) is 1.21. The van der Waals surface area contributed by atoms with Crippen molar-refractivity contribution >= 4 is 11.6 Å². The van der Waals surface area contributed by atoms with E-state index in [9.17, 15) is 4.79 Å². The van der Waals surface area contributed by atoms with Gasteiger partial charge in [-0.05, 0) is 24.7 Å². The molecule has 2 atom stereocenters. The van der Waals surface area contributed by atoms with Gasteiger partial charge in [0.15, 0.2) is 0 Å². The molecule has 0 aromatic rings. The van der Waals surface area contributed by atoms with E-state index in [1.165, 1.54) is 5.71 Å². The molecule has 0 bridgehead atoms. The fraction of sp³-hybridized carbons (Fsp3) is 0.733. The molecule has 18 heavy (non-hydrogen) atoms. The lowest BCUT2D eigenvalue weighted by Crippen LogP contribution is -2.36. The van der Waals surface area contributed by atoms with Crippen LogP contribution in [-0.2, 0) is 4.79 Å². The summed E-state index contributed by atoms with van der Waals surface area (Å²) >= 11 is 0. The molecular weight excluding hydrogens is 224 g/mol. The Morgan fingerprint density at radius 1 is 1.28 bits per heavy atom. The number of hydrogen-bond donors (Lipinski definition) is 1. The average molecular weight is 250 g/mol. The molecule has 0 saturated carbocycles. The summed E-state index contributed by atoms with van der Waals surface area (Å²) < 4.78 is 0. The molecule has 0 aliphatic heterocycles. The van der Waals surface area contributed by atoms with Crippen LogP contribution in [0.15, 0.2) is 17.1 Å². The van der Waals surface area contributed by atoms with E-state index in [0.717, 1.165) is 12.8 Å². The van der Waals surface area contributed by atoms with Crippen molar-refractivity contribution in [1.29, 1.82) is 0 Å². The fourth-order valence-corrected chi connectivity index (χ4v) is 2.56. The molecule has 0 unspecified atom stereocenters. The zero-order valence-corrected chi connectivity index (χ0v) is 12.2. The van der Waals surface area contributed by atoms with Gasteiger partial charge in [0.25, 0.3) is 0 Å². The largest absolute Gasteiger partial charge is 0.359 e. The first-order valence-electron chi connectivity index (χ1n) is 6.93. The molecule has 3 heteroatoms. The second kappa shape index (κ2) is 6.72. The predicted octanol–water partition coefficient (Wildman–Crippen LogP) is 2.82. The standard InChI is InChI=1S/C15H26N2O/c1-10(2)14(11(3)4)17-13-9-7-6-8-12(13)15(18)16-5/h7,9-13H,6,8H2,1-5H3,(H,16,18)/t12-,13+/m0/s1. The Morgan fingerprint density at radius 2 is 1.89 bits per heavy atom. The molecule has 0 radical (unpaired) electrons. The first-order chi connectivity index (χ1) is 8.47. The van der Waals surface area contributed by atoms with Crippen molar-refractivity contribution in [3.63, 3.8) is 0 Å². The van der Waals surface area contributed by atoms with Gasteiger partial charge in [0, 0.05) is 12.8 Å². The van der Waals surface area contributed by atoms with Crippen molar-refractivity contribution in [3.8, 4) is 0 Å². The molecule has 0 aromatic carbocycles. The van der Waals surface area contributed by atoms with Crippen LogP contribution in [0.1, 0.15) is 40.5 Å². The van der Waals surface area contributed by atoms with Crippen LogP contribution in [0, 0.1) is 17.8 Å². The summed E-state index contributed by atoms with van der Waals surface area (Å²) in [4.78, 5) is 16.7. The summed E-state index contributed by atoms with van der Waals surface area (Å²) in [6.07, 6.45) is 6.11. The van der Waals surface area contributed by atoms with E-state index in [4.69, 9.17) is 4.99 Å². The lowest BCUT2D eigenvalue weighted by atomic mass is 9.88. The molecular formula is C15H26N2O. The molecule has 0 saturated heterocycles. The lowest BCUT2D eigenvalue weighted by molar-refractivity contribution is -0.125. The lowest BCUT2D eigenvalue weighted by Gasteiger charge is -2.26. The van der Waals surface area contributed by atoms with E-state index < -0.39 is 0 Å². The Labute approximate surface area is 111 Å². The number of carbonyl (C=O) groups excluding carboxylic acids is 1. The third-order valence-corrected chi connectivity index (χ3v) is 3.45. The Morgan fingerprint density at radius 3 is 2.39 bits per heavy atom. The molecule has 1 amide bonds. The maximum Gasteiger partial charge on any atom is 0.225 e. The Kier molecular flexibility index (Phi) is 5.57. The highest BCUT2D eigenvalue weighted by Gasteiger charge is 2.28. The van der Waals surface area contributed by atoms with Gasteiger partial charge in [-0.2, -0.15) is 0 Å². The maximum absolute atomic E-state index is 11.9. The van der Waals surface area contributed by atoms with Gasteiger partial charge < -0.3 is 5.32 Å². The highest BCUT2D eigenvalue weighted by atomic mass is 16.1. The van der Waals surface area contributed by atoms with E-state index >= 15 is 0 Å². The highest BCUT2D eigenvalue weighted by molar-refractivity contribution is 5.89. The molecule has 0 heterocycles. The second-order valence-corrected chi connectivity index (χ2v) is 5.58. The zero-order chi connectivity index (χ0) is 13.7. The summed E-state index contributed by atoms with van der Waals surface area (Å²) in [5, 5.41) is 2.75. The van der Waals surface area contributed by atoms with Crippen LogP contribution in [0.4, 0.5) is 0 Å². The summed E-state index contributed by atoms with van der Waals surface area (Å²) in [5.74, 6) is 0.976. The summed E-state index contributed by atoms with van der Waals surface area (Å²) in [6.45, 7) is 8.67. The van der Waals surface area contributed by atoms with E-state index in [2.05, 4.69) is 45.2 Å². The molecule has 102 valence electrons. The van der Waals surface area contributed by atoms with Crippen molar-refractivity contribution in [3.05, 3.63) is 12.2 Å². The number of hydrogen-bond acceptors (Lipinski definition) is 2. The number of amides is 1. The number of carbonyl (C=O) groups is 1. The van der Waals surface area contributed by atoms with E-state index in [1.807, 2.05) is 0 Å². The van der Waals surface area contributed by atoms with Crippen LogP contribution in [0.2, 0.25) is 0 Å². The normalized spacial score (nSPS) is 23.3. The van der Waals surface area contributed by atoms with Crippen molar-refractivity contribution < 1.29 is 4.79 Å². The first-order valence-corrected chi connectivity index (χ1v) is 6.93. The quantitative estimate of drug-likeness (QED) is 0.605. The first kappa shape index (κ1) is 14.9. The third kappa shape index (κ3) is 3.69. The van der Waals surface area contributed by atoms with Crippen molar-refractivity contribution in [2.45, 2.75) is 46.6 Å². The summed E-state index contributed by atoms with van der Waals surface area (Å²) in [7, 11) is 1.70. The van der Waals surface area contributed by atoms with Crippen LogP contribution in [0.25, 0.3) is 0 Å². The average Bonchev–Trinajstić information content (AvgIpc) is 2.34. The molecule has 0 fully saturated rings. The maximum atomic E-state index is 11.9. The van der Waals surface area contributed by atoms with Crippen LogP contribution < -0.4 is 5.32 Å². The molecule has 1 aliphatic carbocycles.